The van der Waals surface area contributed by atoms with Gasteiger partial charge in [-0.25, -0.2) is 4.98 Å². The molecule has 2 N–H and O–H groups in total. The Morgan fingerprint density at radius 1 is 1.44 bits per heavy atom. The van der Waals surface area contributed by atoms with Crippen molar-refractivity contribution in [2.24, 2.45) is 5.92 Å². The molecule has 0 spiro atoms. The Morgan fingerprint density at radius 3 is 2.78 bits per heavy atom. The smallest absolute Gasteiger partial charge is 0.131 e. The molecule has 0 saturated heterocycles. The first-order valence-corrected chi connectivity index (χ1v) is 7.08. The Kier molecular flexibility index (Phi) is 4.46. The van der Waals surface area contributed by atoms with E-state index in [1.807, 2.05) is 12.1 Å². The maximum atomic E-state index is 10.5. The van der Waals surface area contributed by atoms with E-state index >= 15 is 0 Å². The molecular formula is C14H21ClN2O. The maximum Gasteiger partial charge on any atom is 0.131 e. The summed E-state index contributed by atoms with van der Waals surface area (Å²) in [7, 11) is 0. The van der Waals surface area contributed by atoms with Crippen molar-refractivity contribution in [3.05, 3.63) is 23.4 Å². The van der Waals surface area contributed by atoms with Gasteiger partial charge in [0.15, 0.2) is 0 Å². The van der Waals surface area contributed by atoms with Gasteiger partial charge in [0.05, 0.1) is 5.60 Å². The van der Waals surface area contributed by atoms with E-state index < -0.39 is 5.60 Å². The monoisotopic (exact) mass is 268 g/mol. The number of halogens is 1. The van der Waals surface area contributed by atoms with E-state index in [1.54, 1.807) is 6.07 Å². The molecule has 1 fully saturated rings. The molecule has 1 aromatic heterocycles. The molecule has 0 atom stereocenters. The summed E-state index contributed by atoms with van der Waals surface area (Å²) in [5, 5.41) is 14.1. The molecule has 0 amide bonds. The minimum Gasteiger partial charge on any atom is -0.388 e. The van der Waals surface area contributed by atoms with E-state index in [9.17, 15) is 5.11 Å². The van der Waals surface area contributed by atoms with Crippen molar-refractivity contribution in [3.63, 3.8) is 0 Å². The topological polar surface area (TPSA) is 45.1 Å². The van der Waals surface area contributed by atoms with Gasteiger partial charge in [0.2, 0.25) is 0 Å². The minimum absolute atomic E-state index is 0.474. The first kappa shape index (κ1) is 13.6. The standard InChI is InChI=1S/C14H21ClN2O/c1-2-11-6-8-14(18,9-7-11)10-16-13-5-3-4-12(15)17-13/h3-5,11,18H,2,6-10H2,1H3,(H,16,17). The summed E-state index contributed by atoms with van der Waals surface area (Å²) in [6, 6.07) is 5.47. The van der Waals surface area contributed by atoms with Gasteiger partial charge in [-0.2, -0.15) is 0 Å². The Morgan fingerprint density at radius 2 is 2.17 bits per heavy atom. The van der Waals surface area contributed by atoms with Crippen LogP contribution in [0.1, 0.15) is 39.0 Å². The van der Waals surface area contributed by atoms with Crippen LogP contribution in [0.3, 0.4) is 0 Å². The van der Waals surface area contributed by atoms with Crippen molar-refractivity contribution >= 4 is 17.4 Å². The fourth-order valence-corrected chi connectivity index (χ4v) is 2.73. The zero-order valence-corrected chi connectivity index (χ0v) is 11.6. The van der Waals surface area contributed by atoms with Crippen LogP contribution in [0.5, 0.6) is 0 Å². The summed E-state index contributed by atoms with van der Waals surface area (Å²) in [6.45, 7) is 2.78. The number of pyridine rings is 1. The predicted octanol–water partition coefficient (Wildman–Crippen LogP) is 3.48. The van der Waals surface area contributed by atoms with Crippen molar-refractivity contribution in [2.45, 2.75) is 44.6 Å². The van der Waals surface area contributed by atoms with E-state index in [0.717, 1.165) is 37.4 Å². The largest absolute Gasteiger partial charge is 0.388 e. The van der Waals surface area contributed by atoms with E-state index in [2.05, 4.69) is 17.2 Å². The number of hydrogen-bond acceptors (Lipinski definition) is 3. The Bertz CT molecular complexity index is 389. The molecule has 1 aromatic rings. The van der Waals surface area contributed by atoms with Gasteiger partial charge in [0.1, 0.15) is 11.0 Å². The molecule has 0 radical (unpaired) electrons. The zero-order valence-electron chi connectivity index (χ0n) is 10.8. The van der Waals surface area contributed by atoms with Crippen molar-refractivity contribution in [2.75, 3.05) is 11.9 Å². The van der Waals surface area contributed by atoms with Gasteiger partial charge >= 0.3 is 0 Å². The van der Waals surface area contributed by atoms with Crippen LogP contribution in [0.4, 0.5) is 5.82 Å². The summed E-state index contributed by atoms with van der Waals surface area (Å²) in [5.41, 5.74) is -0.588. The molecule has 0 aromatic carbocycles. The van der Waals surface area contributed by atoms with Crippen molar-refractivity contribution < 1.29 is 5.11 Å². The van der Waals surface area contributed by atoms with Gasteiger partial charge in [0, 0.05) is 6.54 Å². The molecule has 1 aliphatic rings. The SMILES string of the molecule is CCC1CCC(O)(CNc2cccc(Cl)n2)CC1. The number of nitrogens with zero attached hydrogens (tertiary/aromatic N) is 1. The number of aromatic nitrogens is 1. The van der Waals surface area contributed by atoms with Crippen molar-refractivity contribution in [3.8, 4) is 0 Å². The molecule has 1 saturated carbocycles. The molecule has 1 aliphatic carbocycles. The normalized spacial score (nSPS) is 28.1. The molecule has 3 nitrogen and oxygen atoms in total. The van der Waals surface area contributed by atoms with Gasteiger partial charge in [-0.05, 0) is 43.7 Å². The molecule has 0 unspecified atom stereocenters. The average Bonchev–Trinajstić information content (AvgIpc) is 2.38. The van der Waals surface area contributed by atoms with Gasteiger partial charge in [-0.1, -0.05) is 31.0 Å². The highest BCUT2D eigenvalue weighted by Crippen LogP contribution is 2.33. The predicted molar refractivity (Wildman–Crippen MR) is 74.9 cm³/mol. The molecule has 0 aliphatic heterocycles. The van der Waals surface area contributed by atoms with Crippen molar-refractivity contribution in [1.82, 2.24) is 4.98 Å². The first-order valence-electron chi connectivity index (χ1n) is 6.70. The highest BCUT2D eigenvalue weighted by Gasteiger charge is 2.32. The van der Waals surface area contributed by atoms with Crippen LogP contribution < -0.4 is 5.32 Å². The van der Waals surface area contributed by atoms with Crippen LogP contribution in [0.2, 0.25) is 5.15 Å². The first-order chi connectivity index (χ1) is 8.61. The van der Waals surface area contributed by atoms with Crippen LogP contribution in [0.15, 0.2) is 18.2 Å². The van der Waals surface area contributed by atoms with Crippen LogP contribution >= 0.6 is 11.6 Å². The lowest BCUT2D eigenvalue weighted by Gasteiger charge is -2.36. The second-order valence-corrected chi connectivity index (χ2v) is 5.66. The molecule has 0 bridgehead atoms. The van der Waals surface area contributed by atoms with Crippen LogP contribution in [-0.2, 0) is 0 Å². The van der Waals surface area contributed by atoms with Crippen LogP contribution in [-0.4, -0.2) is 22.2 Å². The maximum absolute atomic E-state index is 10.5. The molecule has 18 heavy (non-hydrogen) atoms. The number of hydrogen-bond donors (Lipinski definition) is 2. The fourth-order valence-electron chi connectivity index (χ4n) is 2.56. The molecule has 1 heterocycles. The average molecular weight is 269 g/mol. The third kappa shape index (κ3) is 3.59. The second kappa shape index (κ2) is 5.89. The van der Waals surface area contributed by atoms with Crippen LogP contribution in [0.25, 0.3) is 0 Å². The molecule has 4 heteroatoms. The third-order valence-electron chi connectivity index (χ3n) is 3.93. The Labute approximate surface area is 114 Å². The van der Waals surface area contributed by atoms with E-state index in [-0.39, 0.29) is 0 Å². The minimum atomic E-state index is -0.588. The van der Waals surface area contributed by atoms with Gasteiger partial charge in [0.25, 0.3) is 0 Å². The summed E-state index contributed by atoms with van der Waals surface area (Å²) in [4.78, 5) is 4.16. The highest BCUT2D eigenvalue weighted by molar-refractivity contribution is 6.29. The summed E-state index contributed by atoms with van der Waals surface area (Å²) in [5.74, 6) is 1.52. The zero-order chi connectivity index (χ0) is 13.0. The summed E-state index contributed by atoms with van der Waals surface area (Å²) < 4.78 is 0. The fraction of sp³-hybridized carbons (Fsp3) is 0.643. The van der Waals surface area contributed by atoms with Gasteiger partial charge in [-0.3, -0.25) is 0 Å². The number of nitrogens with one attached hydrogen (secondary N) is 1. The molecule has 100 valence electrons. The van der Waals surface area contributed by atoms with E-state index in [4.69, 9.17) is 11.6 Å². The number of rotatable bonds is 4. The lowest BCUT2D eigenvalue weighted by molar-refractivity contribution is 0.00223. The second-order valence-electron chi connectivity index (χ2n) is 5.28. The van der Waals surface area contributed by atoms with E-state index in [0.29, 0.717) is 11.7 Å². The molecule has 2 rings (SSSR count). The van der Waals surface area contributed by atoms with Gasteiger partial charge in [-0.15, -0.1) is 0 Å². The summed E-state index contributed by atoms with van der Waals surface area (Å²) >= 11 is 5.83. The Hall–Kier alpha value is -0.800. The quantitative estimate of drug-likeness (QED) is 0.822. The van der Waals surface area contributed by atoms with Gasteiger partial charge < -0.3 is 10.4 Å². The Balaban J connectivity index is 1.86. The highest BCUT2D eigenvalue weighted by atomic mass is 35.5. The third-order valence-corrected chi connectivity index (χ3v) is 4.14. The number of anilines is 1. The van der Waals surface area contributed by atoms with Crippen molar-refractivity contribution in [1.29, 1.82) is 0 Å². The lowest BCUT2D eigenvalue weighted by Crippen LogP contribution is -2.40. The van der Waals surface area contributed by atoms with Crippen LogP contribution in [0, 0.1) is 5.92 Å². The number of aliphatic hydroxyl groups is 1. The lowest BCUT2D eigenvalue weighted by atomic mass is 9.78. The molecular weight excluding hydrogens is 248 g/mol. The van der Waals surface area contributed by atoms with E-state index in [1.165, 1.54) is 6.42 Å². The summed E-state index contributed by atoms with van der Waals surface area (Å²) in [6.07, 6.45) is 5.22.